The summed E-state index contributed by atoms with van der Waals surface area (Å²) in [6.45, 7) is 2.59. The minimum Gasteiger partial charge on any atom is -0.494 e. The van der Waals surface area contributed by atoms with Crippen LogP contribution in [0, 0.1) is 0 Å². The van der Waals surface area contributed by atoms with Gasteiger partial charge in [0.1, 0.15) is 5.75 Å². The van der Waals surface area contributed by atoms with Gasteiger partial charge in [0.2, 0.25) is 5.89 Å². The van der Waals surface area contributed by atoms with Gasteiger partial charge in [-0.15, -0.1) is 10.2 Å². The van der Waals surface area contributed by atoms with Crippen LogP contribution in [-0.4, -0.2) is 21.8 Å². The third-order valence-electron chi connectivity index (χ3n) is 3.97. The van der Waals surface area contributed by atoms with E-state index in [-0.39, 0.29) is 0 Å². The maximum Gasteiger partial charge on any atom is 0.277 e. The Bertz CT molecular complexity index is 1070. The summed E-state index contributed by atoms with van der Waals surface area (Å²) in [5.74, 6) is 1.97. The Kier molecular flexibility index (Phi) is 5.27. The van der Waals surface area contributed by atoms with Crippen molar-refractivity contribution in [3.63, 3.8) is 0 Å². The van der Waals surface area contributed by atoms with Gasteiger partial charge in [0.15, 0.2) is 0 Å². The van der Waals surface area contributed by atoms with Crippen molar-refractivity contribution in [3.05, 3.63) is 65.3 Å². The number of aromatic nitrogens is 3. The van der Waals surface area contributed by atoms with Crippen LogP contribution in [0.15, 0.2) is 64.4 Å². The summed E-state index contributed by atoms with van der Waals surface area (Å²) < 4.78 is 11.2. The van der Waals surface area contributed by atoms with E-state index in [1.165, 1.54) is 11.8 Å². The van der Waals surface area contributed by atoms with E-state index in [0.717, 1.165) is 27.8 Å². The molecule has 0 aliphatic carbocycles. The second-order valence-corrected chi connectivity index (χ2v) is 7.06. The van der Waals surface area contributed by atoms with Crippen molar-refractivity contribution in [3.8, 4) is 17.2 Å². The Hall–Kier alpha value is -2.57. The fraction of sp³-hybridized carbons (Fsp3) is 0.150. The molecule has 2 aromatic carbocycles. The SMILES string of the molecule is CCOc1ccc(-c2nnc(SCc3ccc(Cl)c4cccnc34)o2)cc1. The van der Waals surface area contributed by atoms with Crippen LogP contribution in [0.5, 0.6) is 5.75 Å². The lowest BCUT2D eigenvalue weighted by molar-refractivity contribution is 0.340. The van der Waals surface area contributed by atoms with Gasteiger partial charge >= 0.3 is 0 Å². The number of thioether (sulfide) groups is 1. The van der Waals surface area contributed by atoms with Crippen molar-refractivity contribution in [2.45, 2.75) is 17.9 Å². The van der Waals surface area contributed by atoms with Crippen LogP contribution in [-0.2, 0) is 5.75 Å². The van der Waals surface area contributed by atoms with Crippen LogP contribution in [0.1, 0.15) is 12.5 Å². The maximum atomic E-state index is 6.25. The van der Waals surface area contributed by atoms with E-state index in [0.29, 0.717) is 28.5 Å². The predicted octanol–water partition coefficient (Wildman–Crippen LogP) is 5.63. The monoisotopic (exact) mass is 397 g/mol. The number of hydrogen-bond acceptors (Lipinski definition) is 6. The topological polar surface area (TPSA) is 61.0 Å². The lowest BCUT2D eigenvalue weighted by Gasteiger charge is -2.05. The molecule has 0 bridgehead atoms. The molecule has 4 rings (SSSR count). The summed E-state index contributed by atoms with van der Waals surface area (Å²) in [5.41, 5.74) is 2.82. The summed E-state index contributed by atoms with van der Waals surface area (Å²) in [5, 5.41) is 10.4. The Morgan fingerprint density at radius 3 is 2.74 bits per heavy atom. The van der Waals surface area contributed by atoms with Gasteiger partial charge in [-0.1, -0.05) is 29.4 Å². The van der Waals surface area contributed by atoms with Crippen LogP contribution in [0.25, 0.3) is 22.4 Å². The lowest BCUT2D eigenvalue weighted by Crippen LogP contribution is -1.90. The number of rotatable bonds is 6. The molecule has 0 saturated carbocycles. The first-order valence-corrected chi connectivity index (χ1v) is 9.82. The molecule has 136 valence electrons. The van der Waals surface area contributed by atoms with Crippen molar-refractivity contribution in [1.82, 2.24) is 15.2 Å². The van der Waals surface area contributed by atoms with E-state index in [1.54, 1.807) is 6.20 Å². The normalized spacial score (nSPS) is 11.0. The van der Waals surface area contributed by atoms with Crippen LogP contribution in [0.4, 0.5) is 0 Å². The molecule has 5 nitrogen and oxygen atoms in total. The number of pyridine rings is 1. The summed E-state index contributed by atoms with van der Waals surface area (Å²) in [7, 11) is 0. The zero-order valence-corrected chi connectivity index (χ0v) is 16.1. The highest BCUT2D eigenvalue weighted by Gasteiger charge is 2.11. The highest BCUT2D eigenvalue weighted by Crippen LogP contribution is 2.31. The minimum atomic E-state index is 0.486. The Labute approximate surface area is 165 Å². The molecule has 27 heavy (non-hydrogen) atoms. The summed E-state index contributed by atoms with van der Waals surface area (Å²) >= 11 is 7.72. The minimum absolute atomic E-state index is 0.486. The van der Waals surface area contributed by atoms with Gasteiger partial charge in [-0.25, -0.2) is 0 Å². The van der Waals surface area contributed by atoms with E-state index < -0.39 is 0 Å². The number of benzene rings is 2. The second-order valence-electron chi connectivity index (χ2n) is 5.73. The van der Waals surface area contributed by atoms with E-state index in [4.69, 9.17) is 20.8 Å². The molecule has 0 radical (unpaired) electrons. The largest absolute Gasteiger partial charge is 0.494 e. The van der Waals surface area contributed by atoms with Crippen molar-refractivity contribution in [1.29, 1.82) is 0 Å². The van der Waals surface area contributed by atoms with Crippen LogP contribution in [0.2, 0.25) is 5.02 Å². The number of ether oxygens (including phenoxy) is 1. The molecule has 0 fully saturated rings. The average molecular weight is 398 g/mol. The number of fused-ring (bicyclic) bond motifs is 1. The quantitative estimate of drug-likeness (QED) is 0.393. The molecule has 4 aromatic rings. The Balaban J connectivity index is 1.50. The van der Waals surface area contributed by atoms with E-state index in [9.17, 15) is 0 Å². The van der Waals surface area contributed by atoms with Crippen molar-refractivity contribution in [2.24, 2.45) is 0 Å². The van der Waals surface area contributed by atoms with Gasteiger partial charge < -0.3 is 9.15 Å². The van der Waals surface area contributed by atoms with Gasteiger partial charge in [-0.05, 0) is 55.0 Å². The molecule has 0 aliphatic heterocycles. The molecular formula is C20H16ClN3O2S. The molecule has 0 atom stereocenters. The van der Waals surface area contributed by atoms with Crippen LogP contribution in [0.3, 0.4) is 0 Å². The average Bonchev–Trinajstić information content (AvgIpc) is 3.18. The molecule has 0 aliphatic rings. The highest BCUT2D eigenvalue weighted by molar-refractivity contribution is 7.98. The fourth-order valence-electron chi connectivity index (χ4n) is 2.70. The van der Waals surface area contributed by atoms with E-state index in [2.05, 4.69) is 15.2 Å². The van der Waals surface area contributed by atoms with Gasteiger partial charge in [-0.2, -0.15) is 0 Å². The maximum absolute atomic E-state index is 6.25. The molecule has 2 heterocycles. The fourth-order valence-corrected chi connectivity index (χ4v) is 3.66. The van der Waals surface area contributed by atoms with Crippen molar-refractivity contribution < 1.29 is 9.15 Å². The molecule has 2 aromatic heterocycles. The van der Waals surface area contributed by atoms with Crippen LogP contribution < -0.4 is 4.74 Å². The molecule has 0 spiro atoms. The van der Waals surface area contributed by atoms with Gasteiger partial charge in [0, 0.05) is 27.9 Å². The first-order valence-electron chi connectivity index (χ1n) is 8.46. The molecule has 0 saturated heterocycles. The molecule has 7 heteroatoms. The summed E-state index contributed by atoms with van der Waals surface area (Å²) in [6.07, 6.45) is 1.77. The summed E-state index contributed by atoms with van der Waals surface area (Å²) in [4.78, 5) is 4.45. The van der Waals surface area contributed by atoms with E-state index in [1.807, 2.05) is 55.5 Å². The van der Waals surface area contributed by atoms with Crippen molar-refractivity contribution in [2.75, 3.05) is 6.61 Å². The summed E-state index contributed by atoms with van der Waals surface area (Å²) in [6, 6.07) is 15.3. The number of hydrogen-bond donors (Lipinski definition) is 0. The smallest absolute Gasteiger partial charge is 0.277 e. The number of halogens is 1. The number of nitrogens with zero attached hydrogens (tertiary/aromatic N) is 3. The zero-order chi connectivity index (χ0) is 18.6. The van der Waals surface area contributed by atoms with Crippen molar-refractivity contribution >= 4 is 34.3 Å². The van der Waals surface area contributed by atoms with Gasteiger partial charge in [0.25, 0.3) is 5.22 Å². The second kappa shape index (κ2) is 7.98. The Morgan fingerprint density at radius 1 is 1.07 bits per heavy atom. The molecule has 0 N–H and O–H groups in total. The third kappa shape index (κ3) is 3.91. The van der Waals surface area contributed by atoms with Crippen LogP contribution >= 0.6 is 23.4 Å². The Morgan fingerprint density at radius 2 is 1.93 bits per heavy atom. The standard InChI is InChI=1S/C20H16ClN3O2S/c1-2-25-15-8-5-13(6-9-15)19-23-24-20(26-19)27-12-14-7-10-17(21)16-4-3-11-22-18(14)16/h3-11H,2,12H2,1H3. The van der Waals surface area contributed by atoms with E-state index >= 15 is 0 Å². The molecule has 0 unspecified atom stereocenters. The zero-order valence-electron chi connectivity index (χ0n) is 14.6. The van der Waals surface area contributed by atoms with Gasteiger partial charge in [-0.3, -0.25) is 4.98 Å². The van der Waals surface area contributed by atoms with Gasteiger partial charge in [0.05, 0.1) is 12.1 Å². The molecular weight excluding hydrogens is 382 g/mol. The predicted molar refractivity (Wildman–Crippen MR) is 107 cm³/mol. The molecule has 0 amide bonds. The first kappa shape index (κ1) is 17.8. The highest BCUT2D eigenvalue weighted by atomic mass is 35.5. The third-order valence-corrected chi connectivity index (χ3v) is 5.17. The first-order chi connectivity index (χ1) is 13.2. The lowest BCUT2D eigenvalue weighted by atomic mass is 10.1.